The van der Waals surface area contributed by atoms with Crippen LogP contribution in [0, 0.1) is 17.3 Å². The molecule has 1 N–H and O–H groups in total. The molecule has 1 heterocycles. The van der Waals surface area contributed by atoms with Crippen molar-refractivity contribution in [1.29, 1.82) is 0 Å². The average molecular weight is 300 g/mol. The summed E-state index contributed by atoms with van der Waals surface area (Å²) in [6.07, 6.45) is 7.44. The van der Waals surface area contributed by atoms with Crippen LogP contribution in [0.25, 0.3) is 0 Å². The maximum absolute atomic E-state index is 12.1. The van der Waals surface area contributed by atoms with Crippen molar-refractivity contribution in [3.8, 4) is 5.75 Å². The Balaban J connectivity index is 1.53. The fraction of sp³-hybridized carbons (Fsp3) is 0.556. The van der Waals surface area contributed by atoms with Gasteiger partial charge in [-0.25, -0.2) is 0 Å². The van der Waals surface area contributed by atoms with E-state index in [1.807, 2.05) is 0 Å². The Labute approximate surface area is 132 Å². The number of pyridine rings is 1. The summed E-state index contributed by atoms with van der Waals surface area (Å²) in [5.74, 6) is 2.08. The number of carbonyl (C=O) groups excluding carboxylic acids is 1. The Kier molecular flexibility index (Phi) is 3.94. The highest BCUT2D eigenvalue weighted by molar-refractivity contribution is 5.92. The van der Waals surface area contributed by atoms with E-state index in [-0.39, 0.29) is 5.91 Å². The number of nitrogens with zero attached hydrogens (tertiary/aromatic N) is 1. The second-order valence-electron chi connectivity index (χ2n) is 6.91. The summed E-state index contributed by atoms with van der Waals surface area (Å²) >= 11 is 0. The number of hydrogen-bond acceptors (Lipinski definition) is 3. The first-order chi connectivity index (χ1) is 10.5. The number of amides is 1. The lowest BCUT2D eigenvalue weighted by atomic mass is 9.48. The lowest BCUT2D eigenvalue weighted by Crippen LogP contribution is -2.48. The largest absolute Gasteiger partial charge is 0.497 e. The van der Waals surface area contributed by atoms with Crippen molar-refractivity contribution in [3.05, 3.63) is 35.7 Å². The molecular formula is C18H24N2O2. The molecule has 1 saturated carbocycles. The Morgan fingerprint density at radius 3 is 3.00 bits per heavy atom. The van der Waals surface area contributed by atoms with E-state index in [0.29, 0.717) is 29.3 Å². The Morgan fingerprint density at radius 1 is 1.50 bits per heavy atom. The molecule has 0 radical (unpaired) electrons. The highest BCUT2D eigenvalue weighted by Gasteiger charge is 2.50. The molecule has 118 valence electrons. The minimum Gasteiger partial charge on any atom is -0.497 e. The van der Waals surface area contributed by atoms with Gasteiger partial charge in [-0.15, -0.1) is 0 Å². The number of methoxy groups -OCH3 is 1. The predicted octanol–water partition coefficient (Wildman–Crippen LogP) is 3.20. The van der Waals surface area contributed by atoms with Gasteiger partial charge in [0.25, 0.3) is 5.91 Å². The second-order valence-corrected chi connectivity index (χ2v) is 6.91. The average Bonchev–Trinajstić information content (AvgIpc) is 2.54. The van der Waals surface area contributed by atoms with Crippen molar-refractivity contribution in [2.75, 3.05) is 13.7 Å². The van der Waals surface area contributed by atoms with Crippen molar-refractivity contribution >= 4 is 5.91 Å². The number of rotatable bonds is 5. The summed E-state index contributed by atoms with van der Waals surface area (Å²) in [7, 11) is 1.58. The molecule has 3 aliphatic carbocycles. The van der Waals surface area contributed by atoms with Crippen LogP contribution in [0.1, 0.15) is 43.6 Å². The van der Waals surface area contributed by atoms with Crippen LogP contribution >= 0.6 is 0 Å². The Bertz CT molecular complexity index is 607. The number of nitrogens with one attached hydrogen (secondary N) is 1. The van der Waals surface area contributed by atoms with Crippen molar-refractivity contribution in [3.63, 3.8) is 0 Å². The molecule has 0 saturated heterocycles. The van der Waals surface area contributed by atoms with Gasteiger partial charge < -0.3 is 10.1 Å². The van der Waals surface area contributed by atoms with Gasteiger partial charge in [0, 0.05) is 18.8 Å². The lowest BCUT2D eigenvalue weighted by molar-refractivity contribution is -0.00811. The highest BCUT2D eigenvalue weighted by atomic mass is 16.5. The zero-order chi connectivity index (χ0) is 15.7. The molecule has 0 aromatic carbocycles. The standard InChI is InChI=1S/C18H24N2O2/c1-18(2)13-5-4-12(15(18)10-13)6-8-20-17(21)16-11-14(22-3)7-9-19-16/h4,7,9,11,13,15H,5-6,8,10H2,1-3H3,(H,20,21)/t13-,15-/m0/s1. The van der Waals surface area contributed by atoms with Crippen LogP contribution in [0.15, 0.2) is 30.0 Å². The Hall–Kier alpha value is -1.84. The molecule has 1 aromatic rings. The van der Waals surface area contributed by atoms with E-state index < -0.39 is 0 Å². The number of hydrogen-bond donors (Lipinski definition) is 1. The number of carbonyl (C=O) groups is 1. The van der Waals surface area contributed by atoms with Gasteiger partial charge in [0.15, 0.2) is 0 Å². The zero-order valence-corrected chi connectivity index (χ0v) is 13.6. The summed E-state index contributed by atoms with van der Waals surface area (Å²) < 4.78 is 5.12. The van der Waals surface area contributed by atoms with Crippen LogP contribution in [-0.2, 0) is 0 Å². The molecule has 2 bridgehead atoms. The third-order valence-corrected chi connectivity index (χ3v) is 5.48. The molecular weight excluding hydrogens is 276 g/mol. The molecule has 1 amide bonds. The van der Waals surface area contributed by atoms with Crippen molar-refractivity contribution < 1.29 is 9.53 Å². The SMILES string of the molecule is COc1ccnc(C(=O)NCCC2=CC[C@H]3C[C@@H]2C3(C)C)c1. The molecule has 2 atom stereocenters. The smallest absolute Gasteiger partial charge is 0.270 e. The van der Waals surface area contributed by atoms with Gasteiger partial charge in [-0.1, -0.05) is 25.5 Å². The first-order valence-electron chi connectivity index (χ1n) is 7.99. The van der Waals surface area contributed by atoms with Gasteiger partial charge in [-0.2, -0.15) is 0 Å². The number of allylic oxidation sites excluding steroid dienone is 1. The first kappa shape index (κ1) is 15.1. The molecule has 0 spiro atoms. The highest BCUT2D eigenvalue weighted by Crippen LogP contribution is 2.59. The normalized spacial score (nSPS) is 25.0. The summed E-state index contributed by atoms with van der Waals surface area (Å²) in [5, 5.41) is 2.96. The first-order valence-corrected chi connectivity index (χ1v) is 7.99. The monoisotopic (exact) mass is 300 g/mol. The Morgan fingerprint density at radius 2 is 2.32 bits per heavy atom. The van der Waals surface area contributed by atoms with Crippen LogP contribution in [0.2, 0.25) is 0 Å². The maximum Gasteiger partial charge on any atom is 0.270 e. The van der Waals surface area contributed by atoms with E-state index >= 15 is 0 Å². The van der Waals surface area contributed by atoms with Gasteiger partial charge in [0.2, 0.25) is 0 Å². The third-order valence-electron chi connectivity index (χ3n) is 5.48. The summed E-state index contributed by atoms with van der Waals surface area (Å²) in [5.41, 5.74) is 2.37. The van der Waals surface area contributed by atoms with Crippen LogP contribution in [-0.4, -0.2) is 24.5 Å². The zero-order valence-electron chi connectivity index (χ0n) is 13.6. The minimum absolute atomic E-state index is 0.138. The molecule has 22 heavy (non-hydrogen) atoms. The van der Waals surface area contributed by atoms with Crippen molar-refractivity contribution in [2.24, 2.45) is 17.3 Å². The van der Waals surface area contributed by atoms with E-state index in [4.69, 9.17) is 4.74 Å². The van der Waals surface area contributed by atoms with Gasteiger partial charge in [-0.3, -0.25) is 9.78 Å². The van der Waals surface area contributed by atoms with E-state index in [1.54, 1.807) is 25.4 Å². The van der Waals surface area contributed by atoms with Crippen LogP contribution in [0.5, 0.6) is 5.75 Å². The van der Waals surface area contributed by atoms with Crippen LogP contribution in [0.4, 0.5) is 0 Å². The topological polar surface area (TPSA) is 51.2 Å². The summed E-state index contributed by atoms with van der Waals surface area (Å²) in [4.78, 5) is 16.2. The predicted molar refractivity (Wildman–Crippen MR) is 85.8 cm³/mol. The van der Waals surface area contributed by atoms with E-state index in [2.05, 4.69) is 30.2 Å². The fourth-order valence-corrected chi connectivity index (χ4v) is 3.83. The molecule has 4 nitrogen and oxygen atoms in total. The minimum atomic E-state index is -0.138. The molecule has 4 rings (SSSR count). The molecule has 4 heteroatoms. The van der Waals surface area contributed by atoms with Gasteiger partial charge in [-0.05, 0) is 42.6 Å². The summed E-state index contributed by atoms with van der Waals surface area (Å²) in [6.45, 7) is 5.41. The number of ether oxygens (including phenoxy) is 1. The summed E-state index contributed by atoms with van der Waals surface area (Å²) in [6, 6.07) is 3.40. The van der Waals surface area contributed by atoms with Crippen LogP contribution in [0.3, 0.4) is 0 Å². The fourth-order valence-electron chi connectivity index (χ4n) is 3.83. The van der Waals surface area contributed by atoms with Crippen molar-refractivity contribution in [2.45, 2.75) is 33.1 Å². The van der Waals surface area contributed by atoms with E-state index in [0.717, 1.165) is 12.3 Å². The van der Waals surface area contributed by atoms with Gasteiger partial charge >= 0.3 is 0 Å². The second kappa shape index (κ2) is 5.75. The quantitative estimate of drug-likeness (QED) is 0.850. The molecule has 0 unspecified atom stereocenters. The molecule has 0 aliphatic heterocycles. The van der Waals surface area contributed by atoms with Crippen molar-refractivity contribution in [1.82, 2.24) is 10.3 Å². The lowest BCUT2D eigenvalue weighted by Gasteiger charge is -2.56. The number of fused-ring (bicyclic) bond motifs is 1. The van der Waals surface area contributed by atoms with E-state index in [1.165, 1.54) is 18.4 Å². The molecule has 1 fully saturated rings. The molecule has 1 aromatic heterocycles. The van der Waals surface area contributed by atoms with Gasteiger partial charge in [0.05, 0.1) is 7.11 Å². The van der Waals surface area contributed by atoms with Crippen LogP contribution < -0.4 is 10.1 Å². The third kappa shape index (κ3) is 2.62. The molecule has 3 aliphatic rings. The van der Waals surface area contributed by atoms with Gasteiger partial charge in [0.1, 0.15) is 11.4 Å². The number of aromatic nitrogens is 1. The maximum atomic E-state index is 12.1. The van der Waals surface area contributed by atoms with E-state index in [9.17, 15) is 4.79 Å².